The van der Waals surface area contributed by atoms with Gasteiger partial charge in [0.15, 0.2) is 0 Å². The Kier molecular flexibility index (Phi) is 4.83. The summed E-state index contributed by atoms with van der Waals surface area (Å²) in [4.78, 5) is 10.5. The van der Waals surface area contributed by atoms with Crippen LogP contribution in [0, 0.1) is 0 Å². The van der Waals surface area contributed by atoms with Crippen molar-refractivity contribution in [1.82, 2.24) is 5.32 Å². The maximum Gasteiger partial charge on any atom is 0.463 e. The van der Waals surface area contributed by atoms with Crippen LogP contribution in [-0.4, -0.2) is 26.4 Å². The van der Waals surface area contributed by atoms with E-state index in [9.17, 15) is 35.2 Å². The molecule has 0 atom stereocenters. The number of alkyl halides is 5. The second kappa shape index (κ2) is 5.76. The third kappa shape index (κ3) is 4.27. The zero-order valence-corrected chi connectivity index (χ0v) is 11.5. The lowest BCUT2D eigenvalue weighted by Crippen LogP contribution is -2.50. The Hall–Kier alpha value is -1.42. The van der Waals surface area contributed by atoms with Gasteiger partial charge in [-0.15, -0.1) is 0 Å². The van der Waals surface area contributed by atoms with Crippen molar-refractivity contribution in [1.29, 1.82) is 0 Å². The molecule has 0 aliphatic carbocycles. The lowest BCUT2D eigenvalue weighted by molar-refractivity contribution is -0.269. The minimum Gasteiger partial charge on any atom is -0.346 e. The van der Waals surface area contributed by atoms with E-state index >= 15 is 0 Å². The zero-order valence-electron chi connectivity index (χ0n) is 9.92. The zero-order chi connectivity index (χ0) is 16.5. The van der Waals surface area contributed by atoms with Gasteiger partial charge in [-0.2, -0.15) is 22.0 Å². The molecular weight excluding hydrogens is 345 g/mol. The molecule has 0 bridgehead atoms. The van der Waals surface area contributed by atoms with E-state index < -0.39 is 33.6 Å². The number of carbonyl (C=O) groups is 1. The van der Waals surface area contributed by atoms with Crippen LogP contribution in [0.2, 0.25) is 0 Å². The molecule has 1 amide bonds. The SMILES string of the molecule is O=C(NCc1ccc(S(=O)(=O)Cl)cc1)C(F)(F)C(F)(F)F. The molecule has 0 aromatic heterocycles. The quantitative estimate of drug-likeness (QED) is 0.669. The Morgan fingerprint density at radius 1 is 1.10 bits per heavy atom. The van der Waals surface area contributed by atoms with Gasteiger partial charge in [-0.1, -0.05) is 12.1 Å². The first kappa shape index (κ1) is 17.6. The van der Waals surface area contributed by atoms with Crippen molar-refractivity contribution in [2.45, 2.75) is 23.5 Å². The van der Waals surface area contributed by atoms with Gasteiger partial charge in [0.25, 0.3) is 9.05 Å². The molecule has 0 aliphatic heterocycles. The van der Waals surface area contributed by atoms with Crippen molar-refractivity contribution in [3.05, 3.63) is 29.8 Å². The summed E-state index contributed by atoms with van der Waals surface area (Å²) in [5, 5.41) is 1.41. The van der Waals surface area contributed by atoms with E-state index in [0.717, 1.165) is 24.3 Å². The Labute approximate surface area is 120 Å². The predicted molar refractivity (Wildman–Crippen MR) is 62.3 cm³/mol. The molecule has 1 aromatic carbocycles. The first-order valence-electron chi connectivity index (χ1n) is 5.12. The number of hydrogen-bond acceptors (Lipinski definition) is 3. The number of rotatable bonds is 4. The summed E-state index contributed by atoms with van der Waals surface area (Å²) in [6, 6.07) is 4.26. The van der Waals surface area contributed by atoms with Crippen molar-refractivity contribution in [3.8, 4) is 0 Å². The molecule has 1 N–H and O–H groups in total. The Balaban J connectivity index is 2.75. The van der Waals surface area contributed by atoms with Gasteiger partial charge in [-0.25, -0.2) is 8.42 Å². The molecule has 1 rings (SSSR count). The van der Waals surface area contributed by atoms with E-state index in [1.165, 1.54) is 5.32 Å². The van der Waals surface area contributed by atoms with Gasteiger partial charge in [-0.05, 0) is 17.7 Å². The number of halogens is 6. The van der Waals surface area contributed by atoms with Crippen molar-refractivity contribution in [2.75, 3.05) is 0 Å². The molecule has 0 heterocycles. The fourth-order valence-corrected chi connectivity index (χ4v) is 1.96. The maximum absolute atomic E-state index is 12.6. The van der Waals surface area contributed by atoms with E-state index in [1.54, 1.807) is 0 Å². The van der Waals surface area contributed by atoms with Crippen LogP contribution < -0.4 is 5.32 Å². The van der Waals surface area contributed by atoms with Crippen LogP contribution in [0.25, 0.3) is 0 Å². The van der Waals surface area contributed by atoms with Crippen LogP contribution in [0.5, 0.6) is 0 Å². The van der Waals surface area contributed by atoms with Gasteiger partial charge >= 0.3 is 18.0 Å². The average molecular weight is 352 g/mol. The first-order chi connectivity index (χ1) is 9.35. The van der Waals surface area contributed by atoms with Gasteiger partial charge < -0.3 is 5.32 Å². The van der Waals surface area contributed by atoms with E-state index in [1.807, 2.05) is 0 Å². The highest BCUT2D eigenvalue weighted by atomic mass is 35.7. The Morgan fingerprint density at radius 2 is 1.57 bits per heavy atom. The third-order valence-electron chi connectivity index (χ3n) is 2.30. The second-order valence-electron chi connectivity index (χ2n) is 3.84. The van der Waals surface area contributed by atoms with E-state index in [0.29, 0.717) is 0 Å². The maximum atomic E-state index is 12.6. The minimum atomic E-state index is -5.99. The van der Waals surface area contributed by atoms with Crippen LogP contribution in [-0.2, 0) is 20.4 Å². The number of hydrogen-bond donors (Lipinski definition) is 1. The molecule has 0 saturated heterocycles. The Bertz CT molecular complexity index is 627. The standard InChI is InChI=1S/C10H7ClF5NO3S/c11-21(19,20)7-3-1-6(2-4-7)5-17-8(18)9(12,13)10(14,15)16/h1-4H,5H2,(H,17,18). The molecule has 1 aromatic rings. The van der Waals surface area contributed by atoms with Crippen molar-refractivity contribution in [2.24, 2.45) is 0 Å². The normalized spacial score (nSPS) is 13.0. The molecule has 0 aliphatic rings. The van der Waals surface area contributed by atoms with Gasteiger partial charge in [0, 0.05) is 17.2 Å². The fraction of sp³-hybridized carbons (Fsp3) is 0.300. The summed E-state index contributed by atoms with van der Waals surface area (Å²) in [5.74, 6) is -8.00. The molecule has 21 heavy (non-hydrogen) atoms. The van der Waals surface area contributed by atoms with E-state index in [-0.39, 0.29) is 10.5 Å². The van der Waals surface area contributed by atoms with Gasteiger partial charge in [0.1, 0.15) is 0 Å². The Morgan fingerprint density at radius 3 is 1.95 bits per heavy atom. The molecule has 0 saturated carbocycles. The van der Waals surface area contributed by atoms with Crippen LogP contribution in [0.15, 0.2) is 29.2 Å². The second-order valence-corrected chi connectivity index (χ2v) is 6.40. The molecule has 0 radical (unpaired) electrons. The first-order valence-corrected chi connectivity index (χ1v) is 7.43. The average Bonchev–Trinajstić information content (AvgIpc) is 2.33. The molecule has 0 unspecified atom stereocenters. The molecular formula is C10H7ClF5NO3S. The number of nitrogens with one attached hydrogen (secondary N) is 1. The number of carbonyl (C=O) groups excluding carboxylic acids is 1. The molecule has 11 heteroatoms. The largest absolute Gasteiger partial charge is 0.463 e. The summed E-state index contributed by atoms with van der Waals surface area (Å²) in [6.45, 7) is -0.632. The number of benzene rings is 1. The van der Waals surface area contributed by atoms with Crippen LogP contribution in [0.3, 0.4) is 0 Å². The van der Waals surface area contributed by atoms with Crippen LogP contribution >= 0.6 is 10.7 Å². The molecule has 4 nitrogen and oxygen atoms in total. The topological polar surface area (TPSA) is 63.2 Å². The van der Waals surface area contributed by atoms with Crippen LogP contribution in [0.4, 0.5) is 22.0 Å². The van der Waals surface area contributed by atoms with Crippen molar-refractivity contribution >= 4 is 25.6 Å². The van der Waals surface area contributed by atoms with Gasteiger partial charge in [-0.3, -0.25) is 4.79 Å². The van der Waals surface area contributed by atoms with Gasteiger partial charge in [0.2, 0.25) is 0 Å². The summed E-state index contributed by atoms with van der Waals surface area (Å²) in [5.41, 5.74) is 0.116. The highest BCUT2D eigenvalue weighted by molar-refractivity contribution is 8.13. The monoisotopic (exact) mass is 351 g/mol. The molecule has 0 spiro atoms. The van der Waals surface area contributed by atoms with Crippen LogP contribution in [0.1, 0.15) is 5.56 Å². The van der Waals surface area contributed by atoms with Crippen molar-refractivity contribution < 1.29 is 35.2 Å². The number of amides is 1. The summed E-state index contributed by atoms with van der Waals surface area (Å²) in [6.07, 6.45) is -5.99. The highest BCUT2D eigenvalue weighted by Crippen LogP contribution is 2.35. The third-order valence-corrected chi connectivity index (χ3v) is 3.67. The van der Waals surface area contributed by atoms with E-state index in [2.05, 4.69) is 0 Å². The van der Waals surface area contributed by atoms with Gasteiger partial charge in [0.05, 0.1) is 4.90 Å². The highest BCUT2D eigenvalue weighted by Gasteiger charge is 2.63. The van der Waals surface area contributed by atoms with E-state index in [4.69, 9.17) is 10.7 Å². The fourth-order valence-electron chi connectivity index (χ4n) is 1.19. The molecule has 0 fully saturated rings. The van der Waals surface area contributed by atoms with Crippen molar-refractivity contribution in [3.63, 3.8) is 0 Å². The summed E-state index contributed by atoms with van der Waals surface area (Å²) < 4.78 is 82.8. The molecule has 118 valence electrons. The summed E-state index contributed by atoms with van der Waals surface area (Å²) in [7, 11) is 1.05. The lowest BCUT2D eigenvalue weighted by atomic mass is 10.2. The minimum absolute atomic E-state index is 0.116. The smallest absolute Gasteiger partial charge is 0.346 e. The lowest BCUT2D eigenvalue weighted by Gasteiger charge is -2.18. The summed E-state index contributed by atoms with van der Waals surface area (Å²) >= 11 is 0. The predicted octanol–water partition coefficient (Wildman–Crippen LogP) is 2.43.